The van der Waals surface area contributed by atoms with E-state index in [0.717, 1.165) is 12.3 Å². The zero-order valence-corrected chi connectivity index (χ0v) is 10.3. The summed E-state index contributed by atoms with van der Waals surface area (Å²) in [6.07, 6.45) is 4.11. The molecular weight excluding hydrogens is 198 g/mol. The van der Waals surface area contributed by atoms with E-state index in [9.17, 15) is 0 Å². The molecule has 0 aromatic heterocycles. The fourth-order valence-electron chi connectivity index (χ4n) is 2.41. The summed E-state index contributed by atoms with van der Waals surface area (Å²) >= 11 is 0. The topological polar surface area (TPSA) is 12.5 Å². The summed E-state index contributed by atoms with van der Waals surface area (Å²) in [5.74, 6) is 0.988. The van der Waals surface area contributed by atoms with Crippen LogP contribution in [-0.4, -0.2) is 25.1 Å². The van der Waals surface area contributed by atoms with Crippen molar-refractivity contribution in [3.05, 3.63) is 29.3 Å². The van der Waals surface area contributed by atoms with Crippen LogP contribution in [0.3, 0.4) is 0 Å². The molecule has 0 atom stereocenters. The second-order valence-corrected chi connectivity index (χ2v) is 4.64. The van der Waals surface area contributed by atoms with Crippen molar-refractivity contribution < 1.29 is 4.74 Å². The number of rotatable bonds is 3. The van der Waals surface area contributed by atoms with Crippen LogP contribution in [-0.2, 0) is 6.54 Å². The van der Waals surface area contributed by atoms with Gasteiger partial charge in [-0.25, -0.2) is 0 Å². The zero-order valence-electron chi connectivity index (χ0n) is 10.3. The molecule has 2 rings (SSSR count). The minimum atomic E-state index is 0.988. The molecule has 2 nitrogen and oxygen atoms in total. The summed E-state index contributed by atoms with van der Waals surface area (Å²) in [5.41, 5.74) is 2.64. The number of piperidine rings is 1. The van der Waals surface area contributed by atoms with Gasteiger partial charge in [0.25, 0.3) is 0 Å². The molecule has 88 valence electrons. The normalized spacial score (nSPS) is 17.4. The Labute approximate surface area is 98.2 Å². The van der Waals surface area contributed by atoms with Gasteiger partial charge in [0, 0.05) is 6.54 Å². The van der Waals surface area contributed by atoms with Gasteiger partial charge in [-0.2, -0.15) is 0 Å². The molecule has 1 aliphatic heterocycles. The third-order valence-electron chi connectivity index (χ3n) is 3.31. The number of hydrogen-bond acceptors (Lipinski definition) is 2. The van der Waals surface area contributed by atoms with E-state index in [4.69, 9.17) is 4.74 Å². The summed E-state index contributed by atoms with van der Waals surface area (Å²) < 4.78 is 5.28. The molecule has 0 amide bonds. The maximum Gasteiger partial charge on any atom is 0.121 e. The van der Waals surface area contributed by atoms with Gasteiger partial charge in [0.05, 0.1) is 7.11 Å². The van der Waals surface area contributed by atoms with Gasteiger partial charge in [-0.3, -0.25) is 4.90 Å². The van der Waals surface area contributed by atoms with E-state index in [1.165, 1.54) is 43.5 Å². The number of likely N-dealkylation sites (tertiary alicyclic amines) is 1. The highest BCUT2D eigenvalue weighted by atomic mass is 16.5. The molecule has 0 bridgehead atoms. The molecule has 1 aromatic rings. The van der Waals surface area contributed by atoms with Crippen LogP contribution >= 0.6 is 0 Å². The maximum absolute atomic E-state index is 5.28. The first-order chi connectivity index (χ1) is 7.79. The SMILES string of the molecule is COc1ccc(CN2CCCCC2)cc1C. The lowest BCUT2D eigenvalue weighted by molar-refractivity contribution is 0.221. The minimum absolute atomic E-state index is 0.988. The fraction of sp³-hybridized carbons (Fsp3) is 0.571. The molecule has 0 radical (unpaired) electrons. The van der Waals surface area contributed by atoms with Crippen molar-refractivity contribution in [1.82, 2.24) is 4.90 Å². The summed E-state index contributed by atoms with van der Waals surface area (Å²) in [6.45, 7) is 5.71. The summed E-state index contributed by atoms with van der Waals surface area (Å²) in [7, 11) is 1.73. The van der Waals surface area contributed by atoms with Gasteiger partial charge in [0.2, 0.25) is 0 Å². The highest BCUT2D eigenvalue weighted by Gasteiger charge is 2.10. The van der Waals surface area contributed by atoms with Crippen LogP contribution in [0.25, 0.3) is 0 Å². The third kappa shape index (κ3) is 2.76. The molecule has 16 heavy (non-hydrogen) atoms. The number of hydrogen-bond donors (Lipinski definition) is 0. The summed E-state index contributed by atoms with van der Waals surface area (Å²) in [6, 6.07) is 6.50. The smallest absolute Gasteiger partial charge is 0.121 e. The first-order valence-corrected chi connectivity index (χ1v) is 6.15. The molecule has 1 aliphatic rings. The number of ether oxygens (including phenoxy) is 1. The van der Waals surface area contributed by atoms with E-state index in [1.54, 1.807) is 7.11 Å². The summed E-state index contributed by atoms with van der Waals surface area (Å²) in [5, 5.41) is 0. The molecular formula is C14H21NO. The van der Waals surface area contributed by atoms with E-state index in [2.05, 4.69) is 30.0 Å². The van der Waals surface area contributed by atoms with Crippen LogP contribution in [0.1, 0.15) is 30.4 Å². The predicted molar refractivity (Wildman–Crippen MR) is 66.9 cm³/mol. The first-order valence-electron chi connectivity index (χ1n) is 6.15. The van der Waals surface area contributed by atoms with E-state index < -0.39 is 0 Å². The molecule has 0 N–H and O–H groups in total. The van der Waals surface area contributed by atoms with Gasteiger partial charge in [-0.05, 0) is 50.0 Å². The Kier molecular flexibility index (Phi) is 3.83. The van der Waals surface area contributed by atoms with Gasteiger partial charge in [-0.15, -0.1) is 0 Å². The van der Waals surface area contributed by atoms with Crippen LogP contribution in [0.5, 0.6) is 5.75 Å². The largest absolute Gasteiger partial charge is 0.496 e. The van der Waals surface area contributed by atoms with Crippen molar-refractivity contribution in [1.29, 1.82) is 0 Å². The van der Waals surface area contributed by atoms with Crippen molar-refractivity contribution >= 4 is 0 Å². The molecule has 1 saturated heterocycles. The lowest BCUT2D eigenvalue weighted by Gasteiger charge is -2.26. The van der Waals surface area contributed by atoms with Crippen molar-refractivity contribution in [3.63, 3.8) is 0 Å². The standard InChI is InChI=1S/C14H21NO/c1-12-10-13(6-7-14(12)16-2)11-15-8-4-3-5-9-15/h6-7,10H,3-5,8-9,11H2,1-2H3. The first kappa shape index (κ1) is 11.5. The Morgan fingerprint density at radius 1 is 1.19 bits per heavy atom. The molecule has 2 heteroatoms. The second-order valence-electron chi connectivity index (χ2n) is 4.64. The van der Waals surface area contributed by atoms with E-state index >= 15 is 0 Å². The van der Waals surface area contributed by atoms with Crippen molar-refractivity contribution in [2.45, 2.75) is 32.7 Å². The highest BCUT2D eigenvalue weighted by Crippen LogP contribution is 2.20. The Balaban J connectivity index is 2.01. The van der Waals surface area contributed by atoms with Crippen molar-refractivity contribution in [2.75, 3.05) is 20.2 Å². The van der Waals surface area contributed by atoms with Crippen LogP contribution in [0, 0.1) is 6.92 Å². The predicted octanol–water partition coefficient (Wildman–Crippen LogP) is 2.99. The van der Waals surface area contributed by atoms with Crippen LogP contribution in [0.2, 0.25) is 0 Å². The zero-order chi connectivity index (χ0) is 11.4. The Morgan fingerprint density at radius 3 is 2.56 bits per heavy atom. The van der Waals surface area contributed by atoms with Crippen LogP contribution in [0.15, 0.2) is 18.2 Å². The molecule has 0 aliphatic carbocycles. The maximum atomic E-state index is 5.28. The molecule has 0 saturated carbocycles. The van der Waals surface area contributed by atoms with E-state index in [0.29, 0.717) is 0 Å². The average Bonchev–Trinajstić information content (AvgIpc) is 2.31. The van der Waals surface area contributed by atoms with Crippen LogP contribution in [0.4, 0.5) is 0 Å². The molecule has 0 unspecified atom stereocenters. The van der Waals surface area contributed by atoms with Crippen LogP contribution < -0.4 is 4.74 Å². The van der Waals surface area contributed by atoms with Gasteiger partial charge in [-0.1, -0.05) is 18.6 Å². The van der Waals surface area contributed by atoms with E-state index in [1.807, 2.05) is 0 Å². The second kappa shape index (κ2) is 5.35. The number of benzene rings is 1. The number of methoxy groups -OCH3 is 1. The number of nitrogens with zero attached hydrogens (tertiary/aromatic N) is 1. The van der Waals surface area contributed by atoms with E-state index in [-0.39, 0.29) is 0 Å². The third-order valence-corrected chi connectivity index (χ3v) is 3.31. The Hall–Kier alpha value is -1.02. The van der Waals surface area contributed by atoms with Crippen molar-refractivity contribution in [3.8, 4) is 5.75 Å². The lowest BCUT2D eigenvalue weighted by Crippen LogP contribution is -2.29. The number of aryl methyl sites for hydroxylation is 1. The Morgan fingerprint density at radius 2 is 1.94 bits per heavy atom. The van der Waals surface area contributed by atoms with Gasteiger partial charge in [0.15, 0.2) is 0 Å². The quantitative estimate of drug-likeness (QED) is 0.775. The highest BCUT2D eigenvalue weighted by molar-refractivity contribution is 5.36. The summed E-state index contributed by atoms with van der Waals surface area (Å²) in [4.78, 5) is 2.55. The fourth-order valence-corrected chi connectivity index (χ4v) is 2.41. The molecule has 0 spiro atoms. The molecule has 1 fully saturated rings. The monoisotopic (exact) mass is 219 g/mol. The van der Waals surface area contributed by atoms with Crippen molar-refractivity contribution in [2.24, 2.45) is 0 Å². The van der Waals surface area contributed by atoms with Gasteiger partial charge >= 0.3 is 0 Å². The van der Waals surface area contributed by atoms with Gasteiger partial charge < -0.3 is 4.74 Å². The molecule has 1 aromatic carbocycles. The Bertz CT molecular complexity index is 343. The lowest BCUT2D eigenvalue weighted by atomic mass is 10.1. The minimum Gasteiger partial charge on any atom is -0.496 e. The van der Waals surface area contributed by atoms with Gasteiger partial charge in [0.1, 0.15) is 5.75 Å². The average molecular weight is 219 g/mol. The molecule has 1 heterocycles.